The normalized spacial score (nSPS) is 16.6. The first kappa shape index (κ1) is 14.5. The van der Waals surface area contributed by atoms with Crippen molar-refractivity contribution in [2.75, 3.05) is 6.54 Å². The Balaban J connectivity index is 2.01. The van der Waals surface area contributed by atoms with Gasteiger partial charge in [-0.15, -0.1) is 0 Å². The van der Waals surface area contributed by atoms with Gasteiger partial charge in [-0.2, -0.15) is 0 Å². The van der Waals surface area contributed by atoms with Gasteiger partial charge < -0.3 is 10.4 Å². The molecule has 2 N–H and O–H groups in total. The topological polar surface area (TPSA) is 66.4 Å². The second-order valence-electron chi connectivity index (χ2n) is 5.96. The van der Waals surface area contributed by atoms with Gasteiger partial charge in [-0.25, -0.2) is 4.39 Å². The molecule has 2 rings (SSSR count). The number of carbonyl (C=O) groups is 2. The van der Waals surface area contributed by atoms with E-state index in [9.17, 15) is 14.0 Å². The lowest BCUT2D eigenvalue weighted by molar-refractivity contribution is -0.149. The van der Waals surface area contributed by atoms with Gasteiger partial charge in [0.25, 0.3) is 0 Å². The summed E-state index contributed by atoms with van der Waals surface area (Å²) < 4.78 is 12.9. The molecule has 1 aliphatic carbocycles. The molecule has 1 amide bonds. The predicted octanol–water partition coefficient (Wildman–Crippen LogP) is 2.08. The van der Waals surface area contributed by atoms with Crippen LogP contribution in [0.25, 0.3) is 0 Å². The first-order valence-corrected chi connectivity index (χ1v) is 6.56. The predicted molar refractivity (Wildman–Crippen MR) is 71.7 cm³/mol. The number of halogens is 1. The second kappa shape index (κ2) is 4.89. The van der Waals surface area contributed by atoms with Crippen molar-refractivity contribution in [1.82, 2.24) is 5.32 Å². The monoisotopic (exact) mass is 279 g/mol. The minimum Gasteiger partial charge on any atom is -0.480 e. The number of benzene rings is 1. The number of amides is 1. The van der Waals surface area contributed by atoms with Gasteiger partial charge in [0.2, 0.25) is 5.91 Å². The molecular formula is C15H18FNO3. The average molecular weight is 279 g/mol. The first-order valence-electron chi connectivity index (χ1n) is 6.56. The van der Waals surface area contributed by atoms with E-state index in [-0.39, 0.29) is 5.82 Å². The molecule has 0 bridgehead atoms. The lowest BCUT2D eigenvalue weighted by atomic mass is 9.84. The number of carbonyl (C=O) groups excluding carboxylic acids is 1. The van der Waals surface area contributed by atoms with Crippen LogP contribution in [0.2, 0.25) is 0 Å². The smallest absolute Gasteiger partial charge is 0.319 e. The highest BCUT2D eigenvalue weighted by molar-refractivity contribution is 6.04. The molecular weight excluding hydrogens is 261 g/mol. The van der Waals surface area contributed by atoms with Gasteiger partial charge in [-0.3, -0.25) is 9.59 Å². The molecule has 20 heavy (non-hydrogen) atoms. The molecule has 1 fully saturated rings. The number of nitrogens with one attached hydrogen (secondary N) is 1. The van der Waals surface area contributed by atoms with Crippen molar-refractivity contribution in [3.05, 3.63) is 35.6 Å². The lowest BCUT2D eigenvalue weighted by Crippen LogP contribution is -2.42. The maximum absolute atomic E-state index is 12.9. The van der Waals surface area contributed by atoms with E-state index in [1.165, 1.54) is 12.1 Å². The average Bonchev–Trinajstić information content (AvgIpc) is 3.18. The molecule has 0 radical (unpaired) electrons. The zero-order valence-electron chi connectivity index (χ0n) is 11.6. The molecule has 4 nitrogen and oxygen atoms in total. The van der Waals surface area contributed by atoms with Gasteiger partial charge >= 0.3 is 5.97 Å². The van der Waals surface area contributed by atoms with Gasteiger partial charge in [0.15, 0.2) is 0 Å². The summed E-state index contributed by atoms with van der Waals surface area (Å²) >= 11 is 0. The third-order valence-electron chi connectivity index (χ3n) is 3.91. The van der Waals surface area contributed by atoms with Crippen molar-refractivity contribution in [3.8, 4) is 0 Å². The Morgan fingerprint density at radius 3 is 2.30 bits per heavy atom. The van der Waals surface area contributed by atoms with Crippen LogP contribution in [-0.2, 0) is 15.0 Å². The summed E-state index contributed by atoms with van der Waals surface area (Å²) in [4.78, 5) is 23.0. The standard InChI is InChI=1S/C15H18FNO3/c1-14(2,10-3-5-11(16)6-4-10)9-17-12(18)15(7-8-15)13(19)20/h3-6H,7-9H2,1-2H3,(H,17,18)(H,19,20). The molecule has 0 atom stereocenters. The van der Waals surface area contributed by atoms with Crippen molar-refractivity contribution in [3.63, 3.8) is 0 Å². The minimum absolute atomic E-state index is 0.309. The summed E-state index contributed by atoms with van der Waals surface area (Å²) in [6.45, 7) is 4.15. The Labute approximate surface area is 117 Å². The van der Waals surface area contributed by atoms with Crippen LogP contribution < -0.4 is 5.32 Å². The molecule has 1 saturated carbocycles. The van der Waals surface area contributed by atoms with Crippen molar-refractivity contribution in [2.24, 2.45) is 5.41 Å². The molecule has 0 spiro atoms. The quantitative estimate of drug-likeness (QED) is 0.811. The summed E-state index contributed by atoms with van der Waals surface area (Å²) in [6.07, 6.45) is 0.788. The van der Waals surface area contributed by atoms with Crippen molar-refractivity contribution in [1.29, 1.82) is 0 Å². The van der Waals surface area contributed by atoms with Crippen molar-refractivity contribution >= 4 is 11.9 Å². The van der Waals surface area contributed by atoms with Gasteiger partial charge in [0.05, 0.1) is 0 Å². The summed E-state index contributed by atoms with van der Waals surface area (Å²) in [5, 5.41) is 11.8. The highest BCUT2D eigenvalue weighted by Crippen LogP contribution is 2.46. The maximum atomic E-state index is 12.9. The number of rotatable bonds is 5. The number of hydrogen-bond acceptors (Lipinski definition) is 2. The Morgan fingerprint density at radius 1 is 1.30 bits per heavy atom. The van der Waals surface area contributed by atoms with Gasteiger partial charge in [-0.1, -0.05) is 26.0 Å². The van der Waals surface area contributed by atoms with Gasteiger partial charge in [0.1, 0.15) is 11.2 Å². The van der Waals surface area contributed by atoms with Gasteiger partial charge in [0, 0.05) is 12.0 Å². The van der Waals surface area contributed by atoms with E-state index >= 15 is 0 Å². The molecule has 0 saturated heterocycles. The Hall–Kier alpha value is -1.91. The maximum Gasteiger partial charge on any atom is 0.319 e. The van der Waals surface area contributed by atoms with Gasteiger partial charge in [-0.05, 0) is 30.5 Å². The van der Waals surface area contributed by atoms with E-state index in [0.29, 0.717) is 19.4 Å². The van der Waals surface area contributed by atoms with Crippen LogP contribution in [0, 0.1) is 11.2 Å². The fraction of sp³-hybridized carbons (Fsp3) is 0.467. The molecule has 0 aliphatic heterocycles. The number of hydrogen-bond donors (Lipinski definition) is 2. The summed E-state index contributed by atoms with van der Waals surface area (Å²) in [5.74, 6) is -1.80. The van der Waals surface area contributed by atoms with E-state index in [0.717, 1.165) is 5.56 Å². The second-order valence-corrected chi connectivity index (χ2v) is 5.96. The van der Waals surface area contributed by atoms with E-state index in [4.69, 9.17) is 5.11 Å². The molecule has 1 aromatic carbocycles. The fourth-order valence-corrected chi connectivity index (χ4v) is 2.14. The highest BCUT2D eigenvalue weighted by atomic mass is 19.1. The van der Waals surface area contributed by atoms with E-state index in [1.807, 2.05) is 13.8 Å². The van der Waals surface area contributed by atoms with E-state index < -0.39 is 22.7 Å². The third kappa shape index (κ3) is 2.66. The molecule has 5 heteroatoms. The number of carboxylic acids is 1. The molecule has 0 aromatic heterocycles. The third-order valence-corrected chi connectivity index (χ3v) is 3.91. The molecule has 1 aromatic rings. The highest BCUT2D eigenvalue weighted by Gasteiger charge is 2.57. The molecule has 108 valence electrons. The lowest BCUT2D eigenvalue weighted by Gasteiger charge is -2.26. The summed E-state index contributed by atoms with van der Waals surface area (Å²) in [5.41, 5.74) is -0.726. The van der Waals surface area contributed by atoms with Crippen LogP contribution >= 0.6 is 0 Å². The fourth-order valence-electron chi connectivity index (χ4n) is 2.14. The SMILES string of the molecule is CC(C)(CNC(=O)C1(C(=O)O)CC1)c1ccc(F)cc1. The van der Waals surface area contributed by atoms with Crippen LogP contribution in [0.4, 0.5) is 4.39 Å². The minimum atomic E-state index is -1.22. The van der Waals surface area contributed by atoms with Crippen LogP contribution in [0.3, 0.4) is 0 Å². The molecule has 1 aliphatic rings. The summed E-state index contributed by atoms with van der Waals surface area (Å²) in [6, 6.07) is 6.09. The first-order chi connectivity index (χ1) is 9.28. The molecule has 0 heterocycles. The van der Waals surface area contributed by atoms with Crippen molar-refractivity contribution < 1.29 is 19.1 Å². The summed E-state index contributed by atoms with van der Waals surface area (Å²) in [7, 11) is 0. The van der Waals surface area contributed by atoms with Crippen LogP contribution in [0.1, 0.15) is 32.3 Å². The number of aliphatic carboxylic acids is 1. The Bertz CT molecular complexity index is 533. The Morgan fingerprint density at radius 2 is 1.85 bits per heavy atom. The Kier molecular flexibility index (Phi) is 3.54. The zero-order chi connectivity index (χ0) is 15.0. The molecule has 0 unspecified atom stereocenters. The van der Waals surface area contributed by atoms with Crippen molar-refractivity contribution in [2.45, 2.75) is 32.1 Å². The van der Waals surface area contributed by atoms with Crippen LogP contribution in [-0.4, -0.2) is 23.5 Å². The van der Waals surface area contributed by atoms with E-state index in [1.54, 1.807) is 12.1 Å². The number of carboxylic acid groups (broad SMARTS) is 1. The van der Waals surface area contributed by atoms with Crippen LogP contribution in [0.5, 0.6) is 0 Å². The largest absolute Gasteiger partial charge is 0.480 e. The van der Waals surface area contributed by atoms with Crippen LogP contribution in [0.15, 0.2) is 24.3 Å². The zero-order valence-corrected chi connectivity index (χ0v) is 11.6. The van der Waals surface area contributed by atoms with E-state index in [2.05, 4.69) is 5.32 Å².